The van der Waals surface area contributed by atoms with E-state index in [0.29, 0.717) is 29.1 Å². The van der Waals surface area contributed by atoms with E-state index in [1.54, 1.807) is 19.1 Å². The predicted molar refractivity (Wildman–Crippen MR) is 68.5 cm³/mol. The minimum atomic E-state index is -3.39. The molecule has 0 N–H and O–H groups in total. The second-order valence-corrected chi connectivity index (χ2v) is 6.49. The number of nitriles is 1. The standard InChI is InChI=1S/C13H16N2O2S/c1-11-9-13(6-5-12(11)10-14)18(16,17)15-7-3-2-4-8-15/h5-6,9H,2-4,7-8H2,1H3. The SMILES string of the molecule is Cc1cc(S(=O)(=O)N2CCCCC2)ccc1C#N. The summed E-state index contributed by atoms with van der Waals surface area (Å²) in [5.41, 5.74) is 1.23. The number of hydrogen-bond donors (Lipinski definition) is 0. The summed E-state index contributed by atoms with van der Waals surface area (Å²) in [5, 5.41) is 8.85. The Bertz CT molecular complexity index is 581. The maximum absolute atomic E-state index is 12.4. The molecule has 0 spiro atoms. The van der Waals surface area contributed by atoms with Crippen molar-refractivity contribution in [2.24, 2.45) is 0 Å². The highest BCUT2D eigenvalue weighted by atomic mass is 32.2. The van der Waals surface area contributed by atoms with Gasteiger partial charge in [-0.1, -0.05) is 6.42 Å². The molecule has 0 atom stereocenters. The van der Waals surface area contributed by atoms with E-state index in [0.717, 1.165) is 19.3 Å². The molecule has 0 unspecified atom stereocenters. The molecule has 0 saturated carbocycles. The van der Waals surface area contributed by atoms with Gasteiger partial charge in [0.05, 0.1) is 16.5 Å². The molecule has 2 rings (SSSR count). The minimum absolute atomic E-state index is 0.293. The highest BCUT2D eigenvalue weighted by Crippen LogP contribution is 2.22. The second-order valence-electron chi connectivity index (χ2n) is 4.55. The first-order chi connectivity index (χ1) is 8.55. The number of hydrogen-bond acceptors (Lipinski definition) is 3. The zero-order chi connectivity index (χ0) is 13.2. The second kappa shape index (κ2) is 5.09. The lowest BCUT2D eigenvalue weighted by Gasteiger charge is -2.26. The van der Waals surface area contributed by atoms with E-state index in [1.165, 1.54) is 10.4 Å². The Labute approximate surface area is 108 Å². The normalized spacial score (nSPS) is 17.3. The molecule has 4 nitrogen and oxygen atoms in total. The van der Waals surface area contributed by atoms with Gasteiger partial charge in [0.25, 0.3) is 0 Å². The monoisotopic (exact) mass is 264 g/mol. The van der Waals surface area contributed by atoms with Gasteiger partial charge >= 0.3 is 0 Å². The maximum Gasteiger partial charge on any atom is 0.243 e. The molecule has 1 aliphatic rings. The molecule has 1 heterocycles. The van der Waals surface area contributed by atoms with Gasteiger partial charge in [-0.2, -0.15) is 9.57 Å². The zero-order valence-corrected chi connectivity index (χ0v) is 11.2. The van der Waals surface area contributed by atoms with Crippen molar-refractivity contribution in [1.29, 1.82) is 5.26 Å². The lowest BCUT2D eigenvalue weighted by atomic mass is 10.1. The smallest absolute Gasteiger partial charge is 0.207 e. The summed E-state index contributed by atoms with van der Waals surface area (Å²) in [6.45, 7) is 2.95. The molecule has 1 aromatic carbocycles. The summed E-state index contributed by atoms with van der Waals surface area (Å²) < 4.78 is 26.3. The molecule has 1 saturated heterocycles. The van der Waals surface area contributed by atoms with Crippen molar-refractivity contribution in [3.05, 3.63) is 29.3 Å². The van der Waals surface area contributed by atoms with E-state index in [-0.39, 0.29) is 0 Å². The third-order valence-corrected chi connectivity index (χ3v) is 5.17. The Morgan fingerprint density at radius 3 is 2.44 bits per heavy atom. The van der Waals surface area contributed by atoms with Crippen LogP contribution in [-0.2, 0) is 10.0 Å². The quantitative estimate of drug-likeness (QED) is 0.821. The topological polar surface area (TPSA) is 61.2 Å². The average Bonchev–Trinajstić information content (AvgIpc) is 2.39. The van der Waals surface area contributed by atoms with Gasteiger partial charge in [0.2, 0.25) is 10.0 Å². The van der Waals surface area contributed by atoms with Crippen molar-refractivity contribution >= 4 is 10.0 Å². The van der Waals surface area contributed by atoms with Gasteiger partial charge in [-0.15, -0.1) is 0 Å². The lowest BCUT2D eigenvalue weighted by Crippen LogP contribution is -2.35. The lowest BCUT2D eigenvalue weighted by molar-refractivity contribution is 0.346. The molecular weight excluding hydrogens is 248 g/mol. The van der Waals surface area contributed by atoms with Crippen LogP contribution >= 0.6 is 0 Å². The van der Waals surface area contributed by atoms with E-state index in [9.17, 15) is 8.42 Å². The molecular formula is C13H16N2O2S. The van der Waals surface area contributed by atoms with E-state index in [4.69, 9.17) is 5.26 Å². The Hall–Kier alpha value is -1.38. The number of sulfonamides is 1. The van der Waals surface area contributed by atoms with Gasteiger partial charge in [-0.05, 0) is 43.5 Å². The van der Waals surface area contributed by atoms with Crippen LogP contribution in [0.15, 0.2) is 23.1 Å². The number of benzene rings is 1. The van der Waals surface area contributed by atoms with Crippen molar-refractivity contribution in [3.63, 3.8) is 0 Å². The maximum atomic E-state index is 12.4. The number of rotatable bonds is 2. The summed E-state index contributed by atoms with van der Waals surface area (Å²) in [6.07, 6.45) is 2.95. The van der Waals surface area contributed by atoms with E-state index >= 15 is 0 Å². The van der Waals surface area contributed by atoms with Gasteiger partial charge in [0, 0.05) is 13.1 Å². The van der Waals surface area contributed by atoms with Crippen LogP contribution in [0.25, 0.3) is 0 Å². The molecule has 5 heteroatoms. The molecule has 0 aromatic heterocycles. The van der Waals surface area contributed by atoms with E-state index in [2.05, 4.69) is 0 Å². The first-order valence-electron chi connectivity index (χ1n) is 6.06. The van der Waals surface area contributed by atoms with Crippen LogP contribution < -0.4 is 0 Å². The third kappa shape index (κ3) is 2.40. The van der Waals surface area contributed by atoms with Crippen molar-refractivity contribution < 1.29 is 8.42 Å². The Morgan fingerprint density at radius 2 is 1.89 bits per heavy atom. The molecule has 96 valence electrons. The van der Waals surface area contributed by atoms with Crippen LogP contribution in [0.5, 0.6) is 0 Å². The van der Waals surface area contributed by atoms with Gasteiger partial charge in [0.1, 0.15) is 0 Å². The molecule has 18 heavy (non-hydrogen) atoms. The van der Waals surface area contributed by atoms with Crippen LogP contribution in [0.2, 0.25) is 0 Å². The van der Waals surface area contributed by atoms with Gasteiger partial charge in [0.15, 0.2) is 0 Å². The molecule has 1 aliphatic heterocycles. The van der Waals surface area contributed by atoms with E-state index < -0.39 is 10.0 Å². The third-order valence-electron chi connectivity index (χ3n) is 3.27. The number of nitrogens with zero attached hydrogens (tertiary/aromatic N) is 2. The largest absolute Gasteiger partial charge is 0.243 e. The van der Waals surface area contributed by atoms with Gasteiger partial charge in [-0.25, -0.2) is 8.42 Å². The summed E-state index contributed by atoms with van der Waals surface area (Å²) in [6, 6.07) is 6.73. The first-order valence-corrected chi connectivity index (χ1v) is 7.50. The van der Waals surface area contributed by atoms with Crippen LogP contribution in [0.3, 0.4) is 0 Å². The molecule has 0 radical (unpaired) electrons. The molecule has 1 aromatic rings. The molecule has 0 amide bonds. The summed E-state index contributed by atoms with van der Waals surface area (Å²) in [7, 11) is -3.39. The van der Waals surface area contributed by atoms with Crippen molar-refractivity contribution in [2.75, 3.05) is 13.1 Å². The summed E-state index contributed by atoms with van der Waals surface area (Å²) in [5.74, 6) is 0. The Kier molecular flexibility index (Phi) is 3.69. The molecule has 1 fully saturated rings. The van der Waals surface area contributed by atoms with Crippen LogP contribution in [-0.4, -0.2) is 25.8 Å². The molecule has 0 bridgehead atoms. The van der Waals surface area contributed by atoms with Crippen molar-refractivity contribution in [2.45, 2.75) is 31.1 Å². The van der Waals surface area contributed by atoms with Gasteiger partial charge < -0.3 is 0 Å². The fourth-order valence-corrected chi connectivity index (χ4v) is 3.78. The Morgan fingerprint density at radius 1 is 1.22 bits per heavy atom. The first kappa shape index (κ1) is 13.1. The zero-order valence-electron chi connectivity index (χ0n) is 10.4. The predicted octanol–water partition coefficient (Wildman–Crippen LogP) is 2.04. The van der Waals surface area contributed by atoms with Crippen molar-refractivity contribution in [1.82, 2.24) is 4.31 Å². The highest BCUT2D eigenvalue weighted by Gasteiger charge is 2.26. The van der Waals surface area contributed by atoms with Crippen LogP contribution in [0.1, 0.15) is 30.4 Å². The van der Waals surface area contributed by atoms with E-state index in [1.807, 2.05) is 6.07 Å². The molecule has 0 aliphatic carbocycles. The fourth-order valence-electron chi connectivity index (χ4n) is 2.18. The number of piperidine rings is 1. The fraction of sp³-hybridized carbons (Fsp3) is 0.462. The summed E-state index contributed by atoms with van der Waals surface area (Å²) >= 11 is 0. The van der Waals surface area contributed by atoms with Crippen LogP contribution in [0, 0.1) is 18.3 Å². The minimum Gasteiger partial charge on any atom is -0.207 e. The average molecular weight is 264 g/mol. The van der Waals surface area contributed by atoms with Gasteiger partial charge in [-0.3, -0.25) is 0 Å². The summed E-state index contributed by atoms with van der Waals surface area (Å²) in [4.78, 5) is 0.293. The van der Waals surface area contributed by atoms with Crippen LogP contribution in [0.4, 0.5) is 0 Å². The highest BCUT2D eigenvalue weighted by molar-refractivity contribution is 7.89. The number of aryl methyl sites for hydroxylation is 1. The van der Waals surface area contributed by atoms with Crippen molar-refractivity contribution in [3.8, 4) is 6.07 Å². The Balaban J connectivity index is 2.35.